The minimum absolute atomic E-state index is 0.119. The number of amides is 1. The molecule has 4 rings (SSSR count). The Hall–Kier alpha value is -1.50. The van der Waals surface area contributed by atoms with Crippen LogP contribution in [0.5, 0.6) is 11.5 Å². The fourth-order valence-electron chi connectivity index (χ4n) is 3.45. The molecule has 124 valence electrons. The van der Waals surface area contributed by atoms with E-state index in [-0.39, 0.29) is 18.7 Å². The molecule has 1 N–H and O–H groups in total. The number of hydrogen-bond donors (Lipinski definition) is 1. The zero-order chi connectivity index (χ0) is 15.9. The molecule has 0 radical (unpaired) electrons. The van der Waals surface area contributed by atoms with E-state index in [1.807, 2.05) is 0 Å². The van der Waals surface area contributed by atoms with Crippen LogP contribution in [0.25, 0.3) is 0 Å². The molecule has 1 aromatic rings. The van der Waals surface area contributed by atoms with Gasteiger partial charge in [0.2, 0.25) is 6.79 Å². The van der Waals surface area contributed by atoms with E-state index >= 15 is 0 Å². The van der Waals surface area contributed by atoms with Crippen molar-refractivity contribution in [1.82, 2.24) is 5.32 Å². The van der Waals surface area contributed by atoms with Crippen molar-refractivity contribution in [2.45, 2.75) is 37.5 Å². The number of carbonyl (C=O) groups excluding carboxylic acids is 1. The van der Waals surface area contributed by atoms with Crippen molar-refractivity contribution >= 4 is 17.5 Å². The summed E-state index contributed by atoms with van der Waals surface area (Å²) in [6, 6.07) is 3.08. The predicted molar refractivity (Wildman–Crippen MR) is 81.9 cm³/mol. The van der Waals surface area contributed by atoms with Crippen molar-refractivity contribution in [2.24, 2.45) is 0 Å². The van der Waals surface area contributed by atoms with Crippen LogP contribution >= 0.6 is 11.6 Å². The molecule has 2 heterocycles. The lowest BCUT2D eigenvalue weighted by atomic mass is 9.88. The van der Waals surface area contributed by atoms with Gasteiger partial charge in [0.1, 0.15) is 0 Å². The van der Waals surface area contributed by atoms with Gasteiger partial charge in [0.05, 0.1) is 24.3 Å². The van der Waals surface area contributed by atoms with Crippen molar-refractivity contribution in [3.63, 3.8) is 0 Å². The average molecular weight is 340 g/mol. The van der Waals surface area contributed by atoms with Crippen molar-refractivity contribution in [3.05, 3.63) is 22.7 Å². The molecular formula is C16H18ClNO5. The summed E-state index contributed by atoms with van der Waals surface area (Å²) in [7, 11) is 0. The minimum atomic E-state index is -0.673. The number of hydrogen-bond acceptors (Lipinski definition) is 5. The number of benzene rings is 1. The molecule has 0 bridgehead atoms. The smallest absolute Gasteiger partial charge is 0.251 e. The number of nitrogens with one attached hydrogen (secondary N) is 1. The van der Waals surface area contributed by atoms with Crippen LogP contribution in [0.2, 0.25) is 5.02 Å². The first-order valence-electron chi connectivity index (χ1n) is 7.86. The van der Waals surface area contributed by atoms with Gasteiger partial charge in [-0.2, -0.15) is 0 Å². The predicted octanol–water partition coefficient (Wildman–Crippen LogP) is 2.48. The van der Waals surface area contributed by atoms with Crippen molar-refractivity contribution in [1.29, 1.82) is 0 Å². The standard InChI is InChI=1S/C16H18ClNO5/c17-11-7-10(8-12-14(11)21-9-20-12)15(19)18-13-3-1-2-4-16(13)22-5-6-23-16/h7-8,13H,1-6,9H2,(H,18,19)/t13-/m1/s1. The van der Waals surface area contributed by atoms with E-state index in [1.165, 1.54) is 0 Å². The fourth-order valence-corrected chi connectivity index (χ4v) is 3.72. The fraction of sp³-hybridized carbons (Fsp3) is 0.562. The molecule has 1 saturated carbocycles. The molecule has 1 saturated heterocycles. The molecule has 1 aliphatic carbocycles. The van der Waals surface area contributed by atoms with Gasteiger partial charge in [-0.3, -0.25) is 4.79 Å². The normalized spacial score (nSPS) is 24.8. The third kappa shape index (κ3) is 2.65. The van der Waals surface area contributed by atoms with E-state index in [1.54, 1.807) is 12.1 Å². The number of fused-ring (bicyclic) bond motifs is 1. The topological polar surface area (TPSA) is 66.0 Å². The third-order valence-electron chi connectivity index (χ3n) is 4.57. The lowest BCUT2D eigenvalue weighted by molar-refractivity contribution is -0.192. The van der Waals surface area contributed by atoms with Crippen LogP contribution < -0.4 is 14.8 Å². The number of rotatable bonds is 2. The molecule has 3 aliphatic rings. The second-order valence-electron chi connectivity index (χ2n) is 5.97. The number of ether oxygens (including phenoxy) is 4. The molecule has 0 aromatic heterocycles. The second-order valence-corrected chi connectivity index (χ2v) is 6.38. The van der Waals surface area contributed by atoms with Crippen molar-refractivity contribution < 1.29 is 23.7 Å². The maximum atomic E-state index is 12.6. The summed E-state index contributed by atoms with van der Waals surface area (Å²) < 4.78 is 22.2. The highest BCUT2D eigenvalue weighted by Crippen LogP contribution is 2.40. The molecule has 1 aromatic carbocycles. The first-order valence-corrected chi connectivity index (χ1v) is 8.24. The van der Waals surface area contributed by atoms with Gasteiger partial charge < -0.3 is 24.3 Å². The highest BCUT2D eigenvalue weighted by molar-refractivity contribution is 6.32. The summed E-state index contributed by atoms with van der Waals surface area (Å²) in [6.45, 7) is 1.26. The number of halogens is 1. The molecule has 23 heavy (non-hydrogen) atoms. The Bertz CT molecular complexity index is 629. The molecule has 1 amide bonds. The summed E-state index contributed by atoms with van der Waals surface area (Å²) in [4.78, 5) is 12.6. The van der Waals surface area contributed by atoms with Gasteiger partial charge in [0.25, 0.3) is 5.91 Å². The van der Waals surface area contributed by atoms with Crippen LogP contribution in [-0.2, 0) is 9.47 Å². The summed E-state index contributed by atoms with van der Waals surface area (Å²) >= 11 is 6.15. The van der Waals surface area contributed by atoms with Gasteiger partial charge in [0, 0.05) is 12.0 Å². The van der Waals surface area contributed by atoms with E-state index in [9.17, 15) is 4.79 Å². The van der Waals surface area contributed by atoms with Crippen LogP contribution in [0.15, 0.2) is 12.1 Å². The summed E-state index contributed by atoms with van der Waals surface area (Å²) in [5.74, 6) is 0.0957. The lowest BCUT2D eigenvalue weighted by Crippen LogP contribution is -2.55. The highest BCUT2D eigenvalue weighted by atomic mass is 35.5. The maximum Gasteiger partial charge on any atom is 0.251 e. The molecule has 2 fully saturated rings. The Morgan fingerprint density at radius 2 is 2.04 bits per heavy atom. The van der Waals surface area contributed by atoms with Crippen LogP contribution in [0.4, 0.5) is 0 Å². The molecule has 6 nitrogen and oxygen atoms in total. The number of carbonyl (C=O) groups is 1. The molecule has 1 atom stereocenters. The monoisotopic (exact) mass is 339 g/mol. The zero-order valence-corrected chi connectivity index (χ0v) is 13.4. The van der Waals surface area contributed by atoms with Crippen LogP contribution in [0, 0.1) is 0 Å². The van der Waals surface area contributed by atoms with Crippen molar-refractivity contribution in [3.8, 4) is 11.5 Å². The van der Waals surface area contributed by atoms with Gasteiger partial charge in [-0.25, -0.2) is 0 Å². The first-order chi connectivity index (χ1) is 11.2. The largest absolute Gasteiger partial charge is 0.454 e. The third-order valence-corrected chi connectivity index (χ3v) is 4.85. The summed E-state index contributed by atoms with van der Waals surface area (Å²) in [6.07, 6.45) is 3.73. The molecule has 7 heteroatoms. The van der Waals surface area contributed by atoms with Gasteiger partial charge in [-0.15, -0.1) is 0 Å². The second kappa shape index (κ2) is 5.85. The van der Waals surface area contributed by atoms with Crippen LogP contribution in [0.3, 0.4) is 0 Å². The van der Waals surface area contributed by atoms with E-state index < -0.39 is 5.79 Å². The Morgan fingerprint density at radius 1 is 1.22 bits per heavy atom. The zero-order valence-electron chi connectivity index (χ0n) is 12.6. The van der Waals surface area contributed by atoms with Crippen molar-refractivity contribution in [2.75, 3.05) is 20.0 Å². The molecular weight excluding hydrogens is 322 g/mol. The van der Waals surface area contributed by atoms with E-state index in [0.717, 1.165) is 25.7 Å². The van der Waals surface area contributed by atoms with Gasteiger partial charge in [-0.1, -0.05) is 18.0 Å². The SMILES string of the molecule is O=C(N[C@@H]1CCCCC12OCCO2)c1cc(Cl)c2c(c1)OCO2. The first kappa shape index (κ1) is 15.1. The Labute approximate surface area is 139 Å². The quantitative estimate of drug-likeness (QED) is 0.896. The average Bonchev–Trinajstić information content (AvgIpc) is 3.19. The van der Waals surface area contributed by atoms with E-state index in [0.29, 0.717) is 35.3 Å². The van der Waals surface area contributed by atoms with E-state index in [2.05, 4.69) is 5.32 Å². The van der Waals surface area contributed by atoms with Gasteiger partial charge in [-0.05, 0) is 25.0 Å². The highest BCUT2D eigenvalue weighted by Gasteiger charge is 2.46. The van der Waals surface area contributed by atoms with Crippen LogP contribution in [-0.4, -0.2) is 37.7 Å². The minimum Gasteiger partial charge on any atom is -0.454 e. The summed E-state index contributed by atoms with van der Waals surface area (Å²) in [5, 5.41) is 3.41. The van der Waals surface area contributed by atoms with Crippen LogP contribution in [0.1, 0.15) is 36.0 Å². The molecule has 0 unspecified atom stereocenters. The Morgan fingerprint density at radius 3 is 2.87 bits per heavy atom. The Balaban J connectivity index is 1.54. The van der Waals surface area contributed by atoms with Gasteiger partial charge >= 0.3 is 0 Å². The molecule has 2 aliphatic heterocycles. The Kier molecular flexibility index (Phi) is 3.83. The van der Waals surface area contributed by atoms with E-state index in [4.69, 9.17) is 30.5 Å². The molecule has 1 spiro atoms. The van der Waals surface area contributed by atoms with Gasteiger partial charge in [0.15, 0.2) is 17.3 Å². The lowest BCUT2D eigenvalue weighted by Gasteiger charge is -2.39. The maximum absolute atomic E-state index is 12.6. The summed E-state index contributed by atoms with van der Waals surface area (Å²) in [5.41, 5.74) is 0.443.